The molecule has 0 radical (unpaired) electrons. The van der Waals surface area contributed by atoms with E-state index >= 15 is 0 Å². The molecule has 3 nitrogen and oxygen atoms in total. The van der Waals surface area contributed by atoms with Crippen molar-refractivity contribution >= 4 is 17.5 Å². The Kier molecular flexibility index (Phi) is 4.02. The van der Waals surface area contributed by atoms with Crippen LogP contribution >= 0.6 is 11.6 Å². The van der Waals surface area contributed by atoms with E-state index in [1.54, 1.807) is 12.1 Å². The molecule has 1 N–H and O–H groups in total. The van der Waals surface area contributed by atoms with Gasteiger partial charge in [-0.1, -0.05) is 17.7 Å². The van der Waals surface area contributed by atoms with Crippen LogP contribution in [0.4, 0.5) is 0 Å². The minimum Gasteiger partial charge on any atom is -0.337 e. The number of halogens is 1. The lowest BCUT2D eigenvalue weighted by molar-refractivity contribution is 0.0698. The molecular formula is C13H17ClN2O. The van der Waals surface area contributed by atoms with Gasteiger partial charge in [0, 0.05) is 29.7 Å². The highest BCUT2D eigenvalue weighted by Crippen LogP contribution is 2.16. The Bertz CT molecular complexity index is 408. The van der Waals surface area contributed by atoms with Crippen molar-refractivity contribution in [1.29, 1.82) is 0 Å². The van der Waals surface area contributed by atoms with E-state index in [0.29, 0.717) is 16.6 Å². The number of benzene rings is 1. The van der Waals surface area contributed by atoms with Crippen molar-refractivity contribution in [2.24, 2.45) is 0 Å². The van der Waals surface area contributed by atoms with E-state index in [9.17, 15) is 4.79 Å². The topological polar surface area (TPSA) is 32.3 Å². The summed E-state index contributed by atoms with van der Waals surface area (Å²) in [6.45, 7) is 1.62. The van der Waals surface area contributed by atoms with E-state index in [-0.39, 0.29) is 5.91 Å². The first-order chi connectivity index (χ1) is 8.20. The molecule has 1 fully saturated rings. The second-order valence-corrected chi connectivity index (χ2v) is 4.83. The molecular weight excluding hydrogens is 236 g/mol. The fourth-order valence-corrected chi connectivity index (χ4v) is 2.39. The Hall–Kier alpha value is -1.06. The van der Waals surface area contributed by atoms with E-state index in [1.807, 2.05) is 24.1 Å². The molecule has 1 atom stereocenters. The number of hydrogen-bond acceptors (Lipinski definition) is 2. The zero-order chi connectivity index (χ0) is 12.3. The fraction of sp³-hybridized carbons (Fsp3) is 0.462. The molecule has 2 rings (SSSR count). The predicted octanol–water partition coefficient (Wildman–Crippen LogP) is 2.16. The molecule has 0 saturated carbocycles. The van der Waals surface area contributed by atoms with Gasteiger partial charge in [0.05, 0.1) is 0 Å². The number of nitrogens with one attached hydrogen (secondary N) is 1. The molecule has 92 valence electrons. The zero-order valence-corrected chi connectivity index (χ0v) is 10.7. The molecule has 1 aliphatic heterocycles. The highest BCUT2D eigenvalue weighted by atomic mass is 35.5. The summed E-state index contributed by atoms with van der Waals surface area (Å²) in [4.78, 5) is 14.2. The van der Waals surface area contributed by atoms with Gasteiger partial charge >= 0.3 is 0 Å². The molecule has 0 aliphatic carbocycles. The van der Waals surface area contributed by atoms with Gasteiger partial charge in [-0.05, 0) is 38.1 Å². The normalized spacial score (nSPS) is 20.4. The van der Waals surface area contributed by atoms with E-state index in [2.05, 4.69) is 5.32 Å². The first-order valence-electron chi connectivity index (χ1n) is 5.93. The van der Waals surface area contributed by atoms with Crippen molar-refractivity contribution in [1.82, 2.24) is 10.2 Å². The fourth-order valence-electron chi connectivity index (χ4n) is 2.20. The van der Waals surface area contributed by atoms with Crippen LogP contribution in [-0.4, -0.2) is 37.0 Å². The standard InChI is InChI=1S/C13H17ClN2O/c1-15-12-6-3-7-16(9-12)13(17)10-4-2-5-11(14)8-10/h2,4-5,8,12,15H,3,6-7,9H2,1H3/t12-/m1/s1. The van der Waals surface area contributed by atoms with Crippen LogP contribution in [-0.2, 0) is 0 Å². The van der Waals surface area contributed by atoms with E-state index in [1.165, 1.54) is 0 Å². The molecule has 1 amide bonds. The third kappa shape index (κ3) is 2.99. The molecule has 1 saturated heterocycles. The van der Waals surface area contributed by atoms with Crippen molar-refractivity contribution < 1.29 is 4.79 Å². The first kappa shape index (κ1) is 12.4. The molecule has 1 aromatic rings. The SMILES string of the molecule is CN[C@@H]1CCCN(C(=O)c2cccc(Cl)c2)C1. The molecule has 17 heavy (non-hydrogen) atoms. The zero-order valence-electron chi connectivity index (χ0n) is 9.95. The lowest BCUT2D eigenvalue weighted by Crippen LogP contribution is -2.46. The summed E-state index contributed by atoms with van der Waals surface area (Å²) in [5.41, 5.74) is 0.675. The van der Waals surface area contributed by atoms with Crippen LogP contribution in [0.2, 0.25) is 5.02 Å². The number of carbonyl (C=O) groups is 1. The number of hydrogen-bond donors (Lipinski definition) is 1. The molecule has 0 aromatic heterocycles. The molecule has 1 aromatic carbocycles. The lowest BCUT2D eigenvalue weighted by Gasteiger charge is -2.32. The van der Waals surface area contributed by atoms with Gasteiger partial charge in [-0.3, -0.25) is 4.79 Å². The summed E-state index contributed by atoms with van der Waals surface area (Å²) in [5, 5.41) is 3.84. The van der Waals surface area contributed by atoms with Crippen LogP contribution in [0.25, 0.3) is 0 Å². The molecule has 1 heterocycles. The minimum atomic E-state index is 0.0763. The lowest BCUT2D eigenvalue weighted by atomic mass is 10.0. The Morgan fingerprint density at radius 2 is 2.35 bits per heavy atom. The van der Waals surface area contributed by atoms with Gasteiger partial charge < -0.3 is 10.2 Å². The summed E-state index contributed by atoms with van der Waals surface area (Å²) in [6.07, 6.45) is 2.19. The number of likely N-dealkylation sites (tertiary alicyclic amines) is 1. The van der Waals surface area contributed by atoms with Crippen molar-refractivity contribution in [3.05, 3.63) is 34.9 Å². The molecule has 0 unspecified atom stereocenters. The van der Waals surface area contributed by atoms with Crippen molar-refractivity contribution in [3.8, 4) is 0 Å². The Morgan fingerprint density at radius 1 is 1.53 bits per heavy atom. The van der Waals surface area contributed by atoms with Crippen molar-refractivity contribution in [2.75, 3.05) is 20.1 Å². The number of amides is 1. The second-order valence-electron chi connectivity index (χ2n) is 4.39. The van der Waals surface area contributed by atoms with Gasteiger partial charge in [0.25, 0.3) is 5.91 Å². The van der Waals surface area contributed by atoms with E-state index < -0.39 is 0 Å². The average Bonchev–Trinajstić information content (AvgIpc) is 2.38. The van der Waals surface area contributed by atoms with Crippen molar-refractivity contribution in [2.45, 2.75) is 18.9 Å². The number of piperidine rings is 1. The van der Waals surface area contributed by atoms with Gasteiger partial charge in [0.1, 0.15) is 0 Å². The van der Waals surface area contributed by atoms with E-state index in [4.69, 9.17) is 11.6 Å². The first-order valence-corrected chi connectivity index (χ1v) is 6.30. The third-order valence-corrected chi connectivity index (χ3v) is 3.42. The maximum absolute atomic E-state index is 12.3. The van der Waals surface area contributed by atoms with Crippen LogP contribution < -0.4 is 5.32 Å². The third-order valence-electron chi connectivity index (χ3n) is 3.19. The quantitative estimate of drug-likeness (QED) is 0.875. The second kappa shape index (κ2) is 5.52. The minimum absolute atomic E-state index is 0.0763. The highest BCUT2D eigenvalue weighted by molar-refractivity contribution is 6.30. The monoisotopic (exact) mass is 252 g/mol. The molecule has 0 spiro atoms. The van der Waals surface area contributed by atoms with Gasteiger partial charge in [-0.25, -0.2) is 0 Å². The van der Waals surface area contributed by atoms with Gasteiger partial charge in [-0.2, -0.15) is 0 Å². The number of carbonyl (C=O) groups excluding carboxylic acids is 1. The summed E-state index contributed by atoms with van der Waals surface area (Å²) in [7, 11) is 1.94. The van der Waals surface area contributed by atoms with Gasteiger partial charge in [-0.15, -0.1) is 0 Å². The van der Waals surface area contributed by atoms with Crippen LogP contribution in [0, 0.1) is 0 Å². The van der Waals surface area contributed by atoms with Gasteiger partial charge in [0.15, 0.2) is 0 Å². The summed E-state index contributed by atoms with van der Waals surface area (Å²) in [5.74, 6) is 0.0763. The Balaban J connectivity index is 2.09. The highest BCUT2D eigenvalue weighted by Gasteiger charge is 2.23. The van der Waals surface area contributed by atoms with Crippen LogP contribution in [0.15, 0.2) is 24.3 Å². The number of nitrogens with zero attached hydrogens (tertiary/aromatic N) is 1. The maximum atomic E-state index is 12.3. The van der Waals surface area contributed by atoms with Gasteiger partial charge in [0.2, 0.25) is 0 Å². The molecule has 0 bridgehead atoms. The smallest absolute Gasteiger partial charge is 0.253 e. The number of rotatable bonds is 2. The van der Waals surface area contributed by atoms with Crippen LogP contribution in [0.3, 0.4) is 0 Å². The number of likely N-dealkylation sites (N-methyl/N-ethyl adjacent to an activating group) is 1. The Labute approximate surface area is 107 Å². The van der Waals surface area contributed by atoms with Crippen LogP contribution in [0.5, 0.6) is 0 Å². The summed E-state index contributed by atoms with van der Waals surface area (Å²) < 4.78 is 0. The van der Waals surface area contributed by atoms with Crippen LogP contribution in [0.1, 0.15) is 23.2 Å². The molecule has 1 aliphatic rings. The summed E-state index contributed by atoms with van der Waals surface area (Å²) >= 11 is 5.90. The summed E-state index contributed by atoms with van der Waals surface area (Å²) in [6, 6.07) is 7.55. The Morgan fingerprint density at radius 3 is 3.06 bits per heavy atom. The molecule has 4 heteroatoms. The predicted molar refractivity (Wildman–Crippen MR) is 69.4 cm³/mol. The maximum Gasteiger partial charge on any atom is 0.253 e. The largest absolute Gasteiger partial charge is 0.337 e. The van der Waals surface area contributed by atoms with Crippen molar-refractivity contribution in [3.63, 3.8) is 0 Å². The average molecular weight is 253 g/mol. The van der Waals surface area contributed by atoms with E-state index in [0.717, 1.165) is 25.9 Å².